The molecule has 0 bridgehead atoms. The van der Waals surface area contributed by atoms with Crippen LogP contribution in [0, 0.1) is 0 Å². The first-order valence-electron chi connectivity index (χ1n) is 7.76. The summed E-state index contributed by atoms with van der Waals surface area (Å²) in [6.07, 6.45) is 0.417. The molecule has 0 saturated carbocycles. The highest BCUT2D eigenvalue weighted by molar-refractivity contribution is 5.89. The molecule has 2 heteroatoms. The predicted octanol–water partition coefficient (Wildman–Crippen LogP) is 4.65. The Labute approximate surface area is 136 Å². The normalized spacial score (nSPS) is 11.7. The highest BCUT2D eigenvalue weighted by Gasteiger charge is 2.20. The number of carbonyl (C=O) groups excluding carboxylic acids is 1. The van der Waals surface area contributed by atoms with Crippen molar-refractivity contribution in [2.45, 2.75) is 12.5 Å². The van der Waals surface area contributed by atoms with Gasteiger partial charge in [-0.15, -0.1) is 0 Å². The van der Waals surface area contributed by atoms with Gasteiger partial charge in [-0.3, -0.25) is 4.79 Å². The van der Waals surface area contributed by atoms with Gasteiger partial charge >= 0.3 is 0 Å². The maximum atomic E-state index is 12.9. The van der Waals surface area contributed by atoms with Crippen molar-refractivity contribution in [2.24, 2.45) is 0 Å². The van der Waals surface area contributed by atoms with Crippen molar-refractivity contribution in [1.29, 1.82) is 0 Å². The van der Waals surface area contributed by atoms with E-state index in [1.165, 1.54) is 0 Å². The smallest absolute Gasteiger partial charge is 0.163 e. The zero-order chi connectivity index (χ0) is 15.9. The molecule has 0 spiro atoms. The molecule has 0 aliphatic heterocycles. The van der Waals surface area contributed by atoms with Gasteiger partial charge in [0.15, 0.2) is 5.78 Å². The molecule has 0 saturated heterocycles. The summed E-state index contributed by atoms with van der Waals surface area (Å²) in [5, 5.41) is 3.37. The summed E-state index contributed by atoms with van der Waals surface area (Å²) < 4.78 is 0. The van der Waals surface area contributed by atoms with Gasteiger partial charge in [-0.05, 0) is 23.3 Å². The standard InChI is InChI=1S/C21H19NO/c23-20(16-17-10-4-1-5-11-17)21(18-12-6-2-7-13-18)22-19-14-8-3-9-15-19/h1-15,21-22H,16H2. The topological polar surface area (TPSA) is 29.1 Å². The van der Waals surface area contributed by atoms with E-state index < -0.39 is 0 Å². The van der Waals surface area contributed by atoms with E-state index in [2.05, 4.69) is 5.32 Å². The Morgan fingerprint density at radius 1 is 0.739 bits per heavy atom. The van der Waals surface area contributed by atoms with Crippen LogP contribution in [-0.2, 0) is 11.2 Å². The summed E-state index contributed by atoms with van der Waals surface area (Å²) in [7, 11) is 0. The van der Waals surface area contributed by atoms with Crippen LogP contribution in [0.2, 0.25) is 0 Å². The van der Waals surface area contributed by atoms with E-state index >= 15 is 0 Å². The molecule has 0 radical (unpaired) electrons. The molecule has 1 atom stereocenters. The SMILES string of the molecule is O=C(Cc1ccccc1)C(Nc1ccccc1)c1ccccc1. The van der Waals surface area contributed by atoms with Crippen LogP contribution < -0.4 is 5.32 Å². The van der Waals surface area contributed by atoms with Crippen LogP contribution in [0.25, 0.3) is 0 Å². The molecule has 0 aromatic heterocycles. The second kappa shape index (κ2) is 7.41. The maximum absolute atomic E-state index is 12.9. The highest BCUT2D eigenvalue weighted by atomic mass is 16.1. The third-order valence-corrected chi connectivity index (χ3v) is 3.76. The molecule has 3 rings (SSSR count). The molecule has 0 aliphatic carbocycles. The third kappa shape index (κ3) is 4.07. The fraction of sp³-hybridized carbons (Fsp3) is 0.0952. The minimum Gasteiger partial charge on any atom is -0.372 e. The van der Waals surface area contributed by atoms with Crippen molar-refractivity contribution in [3.63, 3.8) is 0 Å². The molecular formula is C21H19NO. The van der Waals surface area contributed by atoms with Crippen LogP contribution in [-0.4, -0.2) is 5.78 Å². The Bertz CT molecular complexity index is 739. The number of carbonyl (C=O) groups is 1. The van der Waals surface area contributed by atoms with E-state index in [4.69, 9.17) is 0 Å². The van der Waals surface area contributed by atoms with Gasteiger partial charge in [-0.1, -0.05) is 78.9 Å². The fourth-order valence-electron chi connectivity index (χ4n) is 2.60. The van der Waals surface area contributed by atoms with E-state index in [-0.39, 0.29) is 11.8 Å². The number of benzene rings is 3. The summed E-state index contributed by atoms with van der Waals surface area (Å²) in [5.74, 6) is 0.159. The first kappa shape index (κ1) is 15.0. The van der Waals surface area contributed by atoms with Crippen LogP contribution in [0.1, 0.15) is 17.2 Å². The lowest BCUT2D eigenvalue weighted by molar-refractivity contribution is -0.119. The largest absolute Gasteiger partial charge is 0.372 e. The lowest BCUT2D eigenvalue weighted by atomic mass is 9.97. The van der Waals surface area contributed by atoms with Crippen molar-refractivity contribution in [2.75, 3.05) is 5.32 Å². The average molecular weight is 301 g/mol. The van der Waals surface area contributed by atoms with Crippen LogP contribution in [0.15, 0.2) is 91.0 Å². The zero-order valence-corrected chi connectivity index (χ0v) is 12.9. The van der Waals surface area contributed by atoms with E-state index in [1.807, 2.05) is 91.0 Å². The number of nitrogens with one attached hydrogen (secondary N) is 1. The molecule has 0 amide bonds. The third-order valence-electron chi connectivity index (χ3n) is 3.76. The first-order chi connectivity index (χ1) is 11.3. The van der Waals surface area contributed by atoms with Gasteiger partial charge in [0.2, 0.25) is 0 Å². The summed E-state index contributed by atoms with van der Waals surface area (Å²) in [6, 6.07) is 29.2. The van der Waals surface area contributed by atoms with Gasteiger partial charge in [0, 0.05) is 12.1 Å². The van der Waals surface area contributed by atoms with E-state index in [0.29, 0.717) is 6.42 Å². The number of Topliss-reactive ketones (excluding diaryl/α,β-unsaturated/α-hetero) is 1. The molecule has 0 aliphatic rings. The Hall–Kier alpha value is -2.87. The van der Waals surface area contributed by atoms with E-state index in [0.717, 1.165) is 16.8 Å². The lowest BCUT2D eigenvalue weighted by Crippen LogP contribution is -2.22. The van der Waals surface area contributed by atoms with Gasteiger partial charge in [0.05, 0.1) is 0 Å². The second-order valence-corrected chi connectivity index (χ2v) is 5.48. The monoisotopic (exact) mass is 301 g/mol. The fourth-order valence-corrected chi connectivity index (χ4v) is 2.60. The lowest BCUT2D eigenvalue weighted by Gasteiger charge is -2.19. The number of rotatable bonds is 6. The van der Waals surface area contributed by atoms with Gasteiger partial charge in [0.1, 0.15) is 6.04 Å². The van der Waals surface area contributed by atoms with E-state index in [1.54, 1.807) is 0 Å². The summed E-state index contributed by atoms with van der Waals surface area (Å²) in [5.41, 5.74) is 2.97. The average Bonchev–Trinajstić information content (AvgIpc) is 2.62. The molecule has 23 heavy (non-hydrogen) atoms. The van der Waals surface area contributed by atoms with Crippen molar-refractivity contribution in [3.8, 4) is 0 Å². The van der Waals surface area contributed by atoms with Gasteiger partial charge in [-0.2, -0.15) is 0 Å². The van der Waals surface area contributed by atoms with Crippen LogP contribution in [0.3, 0.4) is 0 Å². The zero-order valence-electron chi connectivity index (χ0n) is 12.9. The first-order valence-corrected chi connectivity index (χ1v) is 7.76. The summed E-state index contributed by atoms with van der Waals surface area (Å²) in [4.78, 5) is 12.9. The summed E-state index contributed by atoms with van der Waals surface area (Å²) >= 11 is 0. The molecule has 3 aromatic carbocycles. The number of hydrogen-bond acceptors (Lipinski definition) is 2. The Balaban J connectivity index is 1.84. The van der Waals surface area contributed by atoms with Crippen LogP contribution in [0.4, 0.5) is 5.69 Å². The molecule has 1 unspecified atom stereocenters. The number of anilines is 1. The second-order valence-electron chi connectivity index (χ2n) is 5.48. The van der Waals surface area contributed by atoms with Crippen molar-refractivity contribution < 1.29 is 4.79 Å². The minimum absolute atomic E-state index is 0.159. The van der Waals surface area contributed by atoms with Crippen molar-refractivity contribution in [1.82, 2.24) is 0 Å². The van der Waals surface area contributed by atoms with Crippen molar-refractivity contribution >= 4 is 11.5 Å². The quantitative estimate of drug-likeness (QED) is 0.718. The summed E-state index contributed by atoms with van der Waals surface area (Å²) in [6.45, 7) is 0. The van der Waals surface area contributed by atoms with Gasteiger partial charge in [0.25, 0.3) is 0 Å². The minimum atomic E-state index is -0.348. The van der Waals surface area contributed by atoms with Gasteiger partial charge in [-0.25, -0.2) is 0 Å². The Morgan fingerprint density at radius 3 is 1.87 bits per heavy atom. The Morgan fingerprint density at radius 2 is 1.26 bits per heavy atom. The highest BCUT2D eigenvalue weighted by Crippen LogP contribution is 2.22. The molecule has 2 nitrogen and oxygen atoms in total. The van der Waals surface area contributed by atoms with E-state index in [9.17, 15) is 4.79 Å². The van der Waals surface area contributed by atoms with Gasteiger partial charge < -0.3 is 5.32 Å². The molecule has 3 aromatic rings. The molecule has 114 valence electrons. The number of para-hydroxylation sites is 1. The molecule has 0 heterocycles. The number of ketones is 1. The Kier molecular flexibility index (Phi) is 4.85. The maximum Gasteiger partial charge on any atom is 0.163 e. The van der Waals surface area contributed by atoms with Crippen molar-refractivity contribution in [3.05, 3.63) is 102 Å². The molecule has 0 fully saturated rings. The molecule has 1 N–H and O–H groups in total. The number of hydrogen-bond donors (Lipinski definition) is 1. The van der Waals surface area contributed by atoms with Crippen LogP contribution >= 0.6 is 0 Å². The molecular weight excluding hydrogens is 282 g/mol. The predicted molar refractivity (Wildman–Crippen MR) is 94.4 cm³/mol. The van der Waals surface area contributed by atoms with Crippen LogP contribution in [0.5, 0.6) is 0 Å².